The van der Waals surface area contributed by atoms with Gasteiger partial charge in [0.25, 0.3) is 0 Å². The molecule has 0 radical (unpaired) electrons. The largest absolute Gasteiger partial charge is 0.415 e. The van der Waals surface area contributed by atoms with Crippen molar-refractivity contribution in [2.24, 2.45) is 52.3 Å². The average molecular weight is 461 g/mol. The van der Waals surface area contributed by atoms with E-state index in [1.54, 1.807) is 6.42 Å². The van der Waals surface area contributed by atoms with Crippen LogP contribution in [0.2, 0.25) is 19.6 Å². The van der Waals surface area contributed by atoms with E-state index in [2.05, 4.69) is 54.3 Å². The Kier molecular flexibility index (Phi) is 7.37. The van der Waals surface area contributed by atoms with Crippen LogP contribution in [-0.2, 0) is 4.43 Å². The van der Waals surface area contributed by atoms with Gasteiger partial charge in [0, 0.05) is 6.10 Å². The molecular formula is C30H56OSi. The van der Waals surface area contributed by atoms with Crippen LogP contribution in [0.15, 0.2) is 0 Å². The quantitative estimate of drug-likeness (QED) is 0.344. The van der Waals surface area contributed by atoms with Gasteiger partial charge in [0.2, 0.25) is 0 Å². The van der Waals surface area contributed by atoms with Crippen LogP contribution in [0, 0.1) is 52.3 Å². The number of hydrogen-bond acceptors (Lipinski definition) is 1. The van der Waals surface area contributed by atoms with Crippen LogP contribution in [0.5, 0.6) is 0 Å². The highest BCUT2D eigenvalue weighted by atomic mass is 28.4. The molecule has 32 heavy (non-hydrogen) atoms. The van der Waals surface area contributed by atoms with Gasteiger partial charge in [-0.25, -0.2) is 0 Å². The van der Waals surface area contributed by atoms with Gasteiger partial charge in [0.1, 0.15) is 0 Å². The van der Waals surface area contributed by atoms with E-state index >= 15 is 0 Å². The lowest BCUT2D eigenvalue weighted by Gasteiger charge is -2.61. The molecule has 2 heteroatoms. The third kappa shape index (κ3) is 4.80. The van der Waals surface area contributed by atoms with Gasteiger partial charge in [-0.1, -0.05) is 53.9 Å². The number of rotatable bonds is 7. The highest BCUT2D eigenvalue weighted by Crippen LogP contribution is 2.68. The lowest BCUT2D eigenvalue weighted by molar-refractivity contribution is -0.127. The molecule has 0 aromatic heterocycles. The average Bonchev–Trinajstić information content (AvgIpc) is 3.04. The fraction of sp³-hybridized carbons (Fsp3) is 1.00. The number of hydrogen-bond donors (Lipinski definition) is 0. The molecule has 1 nitrogen and oxygen atoms in total. The van der Waals surface area contributed by atoms with Crippen molar-refractivity contribution in [3.8, 4) is 0 Å². The minimum Gasteiger partial charge on any atom is -0.415 e. The zero-order chi connectivity index (χ0) is 23.3. The van der Waals surface area contributed by atoms with Crippen LogP contribution in [0.1, 0.15) is 112 Å². The zero-order valence-corrected chi connectivity index (χ0v) is 24.0. The van der Waals surface area contributed by atoms with Crippen LogP contribution in [-0.4, -0.2) is 14.4 Å². The molecule has 0 aromatic carbocycles. The lowest BCUT2D eigenvalue weighted by atomic mass is 9.44. The van der Waals surface area contributed by atoms with Gasteiger partial charge in [-0.3, -0.25) is 0 Å². The molecule has 4 aliphatic carbocycles. The summed E-state index contributed by atoms with van der Waals surface area (Å²) in [6.07, 6.45) is 18.2. The Bertz CT molecular complexity index is 637. The van der Waals surface area contributed by atoms with Crippen molar-refractivity contribution >= 4 is 8.32 Å². The van der Waals surface area contributed by atoms with Crippen molar-refractivity contribution in [2.75, 3.05) is 0 Å². The van der Waals surface area contributed by atoms with E-state index in [0.717, 1.165) is 41.4 Å². The Morgan fingerprint density at radius 3 is 2.19 bits per heavy atom. The summed E-state index contributed by atoms with van der Waals surface area (Å²) in [5.41, 5.74) is 1.24. The van der Waals surface area contributed by atoms with Crippen LogP contribution in [0.3, 0.4) is 0 Å². The molecular weight excluding hydrogens is 404 g/mol. The fourth-order valence-electron chi connectivity index (χ4n) is 9.85. The van der Waals surface area contributed by atoms with Crippen molar-refractivity contribution < 1.29 is 4.43 Å². The molecule has 0 aromatic rings. The summed E-state index contributed by atoms with van der Waals surface area (Å²) in [7, 11) is -1.42. The molecule has 4 aliphatic rings. The molecule has 4 saturated carbocycles. The van der Waals surface area contributed by atoms with E-state index < -0.39 is 8.32 Å². The molecule has 0 spiro atoms. The summed E-state index contributed by atoms with van der Waals surface area (Å²) in [4.78, 5) is 0. The Labute approximate surface area is 202 Å². The predicted octanol–water partition coefficient (Wildman–Crippen LogP) is 9.33. The molecule has 4 fully saturated rings. The highest BCUT2D eigenvalue weighted by Gasteiger charge is 2.60. The summed E-state index contributed by atoms with van der Waals surface area (Å²) < 4.78 is 6.62. The second-order valence-electron chi connectivity index (χ2n) is 14.8. The molecule has 0 aliphatic heterocycles. The Hall–Kier alpha value is 0.177. The molecule has 0 heterocycles. The van der Waals surface area contributed by atoms with Crippen molar-refractivity contribution in [1.29, 1.82) is 0 Å². The first-order valence-corrected chi connectivity index (χ1v) is 18.0. The standard InChI is InChI=1S/C30H56OSi/c1-21(2)10-9-11-22(3)26-14-15-27-25-13-12-23-20-24(31-32(6,7)8)16-18-29(23,4)28(25)17-19-30(26,27)5/h21-28H,9-20H2,1-8H3/t22-,23+,24-,25?,26-,27?,28?,29+,30-/m1/s1. The fourth-order valence-corrected chi connectivity index (χ4v) is 11.1. The van der Waals surface area contributed by atoms with E-state index in [0.29, 0.717) is 16.9 Å². The van der Waals surface area contributed by atoms with E-state index in [-0.39, 0.29) is 0 Å². The predicted molar refractivity (Wildman–Crippen MR) is 141 cm³/mol. The van der Waals surface area contributed by atoms with E-state index in [9.17, 15) is 0 Å². The summed E-state index contributed by atoms with van der Waals surface area (Å²) in [5, 5.41) is 0. The van der Waals surface area contributed by atoms with Crippen LogP contribution in [0.25, 0.3) is 0 Å². The summed E-state index contributed by atoms with van der Waals surface area (Å²) in [6.45, 7) is 20.0. The van der Waals surface area contributed by atoms with Crippen molar-refractivity contribution in [2.45, 2.75) is 137 Å². The molecule has 0 bridgehead atoms. The van der Waals surface area contributed by atoms with Gasteiger partial charge in [0.05, 0.1) is 0 Å². The van der Waals surface area contributed by atoms with Gasteiger partial charge in [-0.05, 0) is 130 Å². The monoisotopic (exact) mass is 460 g/mol. The maximum absolute atomic E-state index is 6.62. The minimum atomic E-state index is -1.42. The molecule has 9 atom stereocenters. The van der Waals surface area contributed by atoms with Crippen LogP contribution < -0.4 is 0 Å². The van der Waals surface area contributed by atoms with Gasteiger partial charge < -0.3 is 4.43 Å². The second-order valence-corrected chi connectivity index (χ2v) is 19.3. The Balaban J connectivity index is 1.42. The normalized spacial score (nSPS) is 45.3. The smallest absolute Gasteiger partial charge is 0.184 e. The SMILES string of the molecule is CC(C)CCC[C@@H](C)[C@H]1CCC2C3CC[C@H]4C[C@H](O[Si](C)(C)C)CC[C@]4(C)C3CC[C@@]21C. The van der Waals surface area contributed by atoms with Gasteiger partial charge >= 0.3 is 0 Å². The molecule has 0 amide bonds. The molecule has 0 saturated heterocycles. The molecule has 0 N–H and O–H groups in total. The maximum Gasteiger partial charge on any atom is 0.184 e. The highest BCUT2D eigenvalue weighted by molar-refractivity contribution is 6.69. The molecule has 4 rings (SSSR count). The Morgan fingerprint density at radius 1 is 0.812 bits per heavy atom. The van der Waals surface area contributed by atoms with Crippen molar-refractivity contribution in [3.05, 3.63) is 0 Å². The summed E-state index contributed by atoms with van der Waals surface area (Å²) in [5.74, 6) is 6.77. The minimum absolute atomic E-state index is 0.563. The van der Waals surface area contributed by atoms with E-state index in [1.165, 1.54) is 70.6 Å². The summed E-state index contributed by atoms with van der Waals surface area (Å²) >= 11 is 0. The van der Waals surface area contributed by atoms with E-state index in [1.807, 2.05) is 0 Å². The van der Waals surface area contributed by atoms with Gasteiger partial charge in [-0.2, -0.15) is 0 Å². The van der Waals surface area contributed by atoms with Crippen molar-refractivity contribution in [1.82, 2.24) is 0 Å². The summed E-state index contributed by atoms with van der Waals surface area (Å²) in [6, 6.07) is 0. The maximum atomic E-state index is 6.62. The number of fused-ring (bicyclic) bond motifs is 5. The van der Waals surface area contributed by atoms with E-state index in [4.69, 9.17) is 4.43 Å². The second kappa shape index (κ2) is 9.33. The third-order valence-electron chi connectivity index (χ3n) is 11.3. The third-order valence-corrected chi connectivity index (χ3v) is 12.4. The zero-order valence-electron chi connectivity index (χ0n) is 23.0. The van der Waals surface area contributed by atoms with Crippen LogP contribution in [0.4, 0.5) is 0 Å². The molecule has 3 unspecified atom stereocenters. The first kappa shape index (κ1) is 25.3. The van der Waals surface area contributed by atoms with Gasteiger partial charge in [-0.15, -0.1) is 0 Å². The lowest BCUT2D eigenvalue weighted by Crippen LogP contribution is -2.54. The van der Waals surface area contributed by atoms with Gasteiger partial charge in [0.15, 0.2) is 8.32 Å². The Morgan fingerprint density at radius 2 is 1.50 bits per heavy atom. The van der Waals surface area contributed by atoms with Crippen LogP contribution >= 0.6 is 0 Å². The van der Waals surface area contributed by atoms with Crippen molar-refractivity contribution in [3.63, 3.8) is 0 Å². The first-order chi connectivity index (χ1) is 14.9. The topological polar surface area (TPSA) is 9.23 Å². The molecule has 186 valence electrons. The first-order valence-electron chi connectivity index (χ1n) is 14.6.